The number of nitrogens with two attached hydrogens (primary N) is 1. The molecule has 5 rings (SSSR count). The fourth-order valence-electron chi connectivity index (χ4n) is 6.08. The van der Waals surface area contributed by atoms with Crippen LogP contribution in [0.25, 0.3) is 0 Å². The van der Waals surface area contributed by atoms with Crippen LogP contribution in [0.2, 0.25) is 5.02 Å². The summed E-state index contributed by atoms with van der Waals surface area (Å²) in [5.41, 5.74) is 6.02. The van der Waals surface area contributed by atoms with Gasteiger partial charge in [0, 0.05) is 39.2 Å². The van der Waals surface area contributed by atoms with E-state index in [-0.39, 0.29) is 24.0 Å². The highest BCUT2D eigenvalue weighted by Gasteiger charge is 2.41. The van der Waals surface area contributed by atoms with Crippen LogP contribution >= 0.6 is 11.6 Å². The summed E-state index contributed by atoms with van der Waals surface area (Å²) in [5.74, 6) is 0.619. The number of hydrogen-bond acceptors (Lipinski definition) is 8. The Bertz CT molecular complexity index is 986. The summed E-state index contributed by atoms with van der Waals surface area (Å²) in [5, 5.41) is 3.44. The predicted molar refractivity (Wildman–Crippen MR) is 148 cm³/mol. The number of hydrogen-bond donors (Lipinski definition) is 2. The number of carbonyl (C=O) groups excluding carboxylic acids is 2. The van der Waals surface area contributed by atoms with Crippen molar-refractivity contribution >= 4 is 29.2 Å². The molecule has 9 nitrogen and oxygen atoms in total. The van der Waals surface area contributed by atoms with Gasteiger partial charge in [0.15, 0.2) is 0 Å². The minimum absolute atomic E-state index is 0.0497. The quantitative estimate of drug-likeness (QED) is 0.245. The number of unbranched alkanes of at least 4 members (excludes halogenated alkanes) is 2. The van der Waals surface area contributed by atoms with Crippen LogP contribution in [0.15, 0.2) is 12.1 Å². The van der Waals surface area contributed by atoms with E-state index in [0.29, 0.717) is 40.9 Å². The van der Waals surface area contributed by atoms with Gasteiger partial charge in [0.2, 0.25) is 0 Å². The minimum Gasteiger partial charge on any atom is -0.496 e. The summed E-state index contributed by atoms with van der Waals surface area (Å²) in [6.45, 7) is 7.72. The van der Waals surface area contributed by atoms with Crippen LogP contribution in [0.1, 0.15) is 62.2 Å². The molecule has 1 aromatic carbocycles. The van der Waals surface area contributed by atoms with Crippen molar-refractivity contribution in [1.29, 1.82) is 0 Å². The zero-order chi connectivity index (χ0) is 27.3. The second kappa shape index (κ2) is 12.9. The van der Waals surface area contributed by atoms with Gasteiger partial charge in [0.1, 0.15) is 11.9 Å². The van der Waals surface area contributed by atoms with Crippen LogP contribution in [0, 0.1) is 5.92 Å². The molecular weight excluding hydrogens is 508 g/mol. The van der Waals surface area contributed by atoms with Gasteiger partial charge in [-0.15, -0.1) is 0 Å². The monoisotopic (exact) mass is 550 g/mol. The predicted octanol–water partition coefficient (Wildman–Crippen LogP) is 3.34. The number of amides is 1. The van der Waals surface area contributed by atoms with Crippen LogP contribution in [0.3, 0.4) is 0 Å². The van der Waals surface area contributed by atoms with Gasteiger partial charge >= 0.3 is 5.97 Å². The van der Waals surface area contributed by atoms with E-state index < -0.39 is 5.60 Å². The van der Waals surface area contributed by atoms with Gasteiger partial charge in [-0.25, -0.2) is 0 Å². The molecule has 212 valence electrons. The molecule has 2 bridgehead atoms. The van der Waals surface area contributed by atoms with Crippen LogP contribution in [-0.4, -0.2) is 92.9 Å². The van der Waals surface area contributed by atoms with Crippen molar-refractivity contribution in [3.63, 3.8) is 0 Å². The van der Waals surface area contributed by atoms with Crippen molar-refractivity contribution in [2.24, 2.45) is 5.92 Å². The highest BCUT2D eigenvalue weighted by molar-refractivity contribution is 6.33. The van der Waals surface area contributed by atoms with E-state index in [1.807, 2.05) is 6.92 Å². The summed E-state index contributed by atoms with van der Waals surface area (Å²) < 4.78 is 17.1. The van der Waals surface area contributed by atoms with E-state index in [0.717, 1.165) is 71.2 Å². The van der Waals surface area contributed by atoms with Crippen molar-refractivity contribution < 1.29 is 23.8 Å². The molecule has 1 aromatic rings. The first-order chi connectivity index (χ1) is 18.2. The standard InChI is InChI=1S/C28H43ClN4O5/c1-28(37-3)18-33(11-6-4-5-7-26(34)38-24-17-32-12-8-19(24)9-13-32)14-10-25(28)31-27(35)20-15-21(29)22(30)16-23(20)36-2/h15-16,19,24-25H,4-14,17-18,30H2,1-3H3,(H,31,35)/t24-,25+,28?/m1/s1. The maximum Gasteiger partial charge on any atom is 0.306 e. The number of halogens is 1. The molecule has 10 heteroatoms. The molecule has 4 heterocycles. The topological polar surface area (TPSA) is 106 Å². The fourth-order valence-corrected chi connectivity index (χ4v) is 6.24. The molecular formula is C28H43ClN4O5. The lowest BCUT2D eigenvalue weighted by molar-refractivity contribution is -0.158. The Labute approximate surface area is 231 Å². The Hall–Kier alpha value is -2.07. The first kappa shape index (κ1) is 28.9. The molecule has 4 aliphatic rings. The number of piperidine rings is 4. The van der Waals surface area contributed by atoms with Crippen LogP contribution in [-0.2, 0) is 14.3 Å². The number of rotatable bonds is 11. The van der Waals surface area contributed by atoms with Gasteiger partial charge < -0.3 is 30.2 Å². The van der Waals surface area contributed by atoms with E-state index in [2.05, 4.69) is 15.1 Å². The molecule has 0 saturated carbocycles. The summed E-state index contributed by atoms with van der Waals surface area (Å²) in [7, 11) is 3.18. The van der Waals surface area contributed by atoms with Crippen molar-refractivity contribution in [3.05, 3.63) is 22.7 Å². The van der Waals surface area contributed by atoms with E-state index >= 15 is 0 Å². The smallest absolute Gasteiger partial charge is 0.306 e. The number of methoxy groups -OCH3 is 2. The number of ether oxygens (including phenoxy) is 3. The number of anilines is 1. The third kappa shape index (κ3) is 6.92. The van der Waals surface area contributed by atoms with E-state index in [9.17, 15) is 9.59 Å². The Balaban J connectivity index is 1.19. The first-order valence-corrected chi connectivity index (χ1v) is 14.2. The zero-order valence-electron chi connectivity index (χ0n) is 23.0. The zero-order valence-corrected chi connectivity index (χ0v) is 23.7. The van der Waals surface area contributed by atoms with Crippen molar-refractivity contribution in [1.82, 2.24) is 15.1 Å². The van der Waals surface area contributed by atoms with E-state index in [1.54, 1.807) is 13.2 Å². The summed E-state index contributed by atoms with van der Waals surface area (Å²) >= 11 is 6.16. The van der Waals surface area contributed by atoms with Crippen LogP contribution < -0.4 is 15.8 Å². The number of benzene rings is 1. The second-order valence-corrected chi connectivity index (χ2v) is 11.6. The molecule has 38 heavy (non-hydrogen) atoms. The Kier molecular flexibility index (Phi) is 9.79. The molecule has 1 unspecified atom stereocenters. The molecule has 4 fully saturated rings. The molecule has 4 saturated heterocycles. The molecule has 0 aliphatic carbocycles. The highest BCUT2D eigenvalue weighted by atomic mass is 35.5. The second-order valence-electron chi connectivity index (χ2n) is 11.2. The number of esters is 1. The van der Waals surface area contributed by atoms with Gasteiger partial charge in [-0.05, 0) is 70.6 Å². The number of nitrogens with zero attached hydrogens (tertiary/aromatic N) is 2. The Morgan fingerprint density at radius 1 is 1.13 bits per heavy atom. The summed E-state index contributed by atoms with van der Waals surface area (Å²) in [6, 6.07) is 2.93. The molecule has 0 spiro atoms. The fraction of sp³-hybridized carbons (Fsp3) is 0.714. The number of nitrogens with one attached hydrogen (secondary N) is 1. The number of carbonyl (C=O) groups is 2. The van der Waals surface area contributed by atoms with Crippen molar-refractivity contribution in [2.45, 2.75) is 69.6 Å². The molecule has 3 N–H and O–H groups in total. The summed E-state index contributed by atoms with van der Waals surface area (Å²) in [4.78, 5) is 30.2. The van der Waals surface area contributed by atoms with Gasteiger partial charge in [-0.1, -0.05) is 18.0 Å². The highest BCUT2D eigenvalue weighted by Crippen LogP contribution is 2.31. The van der Waals surface area contributed by atoms with Crippen molar-refractivity contribution in [3.8, 4) is 5.75 Å². The van der Waals surface area contributed by atoms with Crippen LogP contribution in [0.4, 0.5) is 5.69 Å². The average Bonchev–Trinajstić information content (AvgIpc) is 2.91. The van der Waals surface area contributed by atoms with Gasteiger partial charge in [-0.2, -0.15) is 0 Å². The van der Waals surface area contributed by atoms with Crippen LogP contribution in [0.5, 0.6) is 5.75 Å². The van der Waals surface area contributed by atoms with E-state index in [4.69, 9.17) is 31.5 Å². The average molecular weight is 551 g/mol. The molecule has 3 atom stereocenters. The number of fused-ring (bicyclic) bond motifs is 3. The Morgan fingerprint density at radius 2 is 1.89 bits per heavy atom. The lowest BCUT2D eigenvalue weighted by atomic mass is 9.86. The lowest BCUT2D eigenvalue weighted by Crippen LogP contribution is -2.62. The SMILES string of the molecule is COc1cc(N)c(Cl)cc1C(=O)N[C@H]1CCN(CCCCCC(=O)O[C@@H]2CN3CCC2CC3)CC1(C)OC. The third-order valence-corrected chi connectivity index (χ3v) is 8.91. The molecule has 0 radical (unpaired) electrons. The molecule has 0 aromatic heterocycles. The van der Waals surface area contributed by atoms with Gasteiger partial charge in [-0.3, -0.25) is 14.5 Å². The first-order valence-electron chi connectivity index (χ1n) is 13.9. The molecule has 4 aliphatic heterocycles. The normalized spacial score (nSPS) is 29.2. The largest absolute Gasteiger partial charge is 0.496 e. The van der Waals surface area contributed by atoms with Crippen molar-refractivity contribution in [2.75, 3.05) is 59.2 Å². The van der Waals surface area contributed by atoms with E-state index in [1.165, 1.54) is 13.2 Å². The number of nitrogen functional groups attached to an aromatic ring is 1. The van der Waals surface area contributed by atoms with Gasteiger partial charge in [0.25, 0.3) is 5.91 Å². The maximum absolute atomic E-state index is 13.1. The lowest BCUT2D eigenvalue weighted by Gasteiger charge is -2.45. The molecule has 1 amide bonds. The summed E-state index contributed by atoms with van der Waals surface area (Å²) in [6.07, 6.45) is 6.49. The van der Waals surface area contributed by atoms with Gasteiger partial charge in [0.05, 0.1) is 35.0 Å². The number of likely N-dealkylation sites (tertiary alicyclic amines) is 1. The third-order valence-electron chi connectivity index (χ3n) is 8.58. The maximum atomic E-state index is 13.1. The Morgan fingerprint density at radius 3 is 2.55 bits per heavy atom. The minimum atomic E-state index is -0.544.